The fourth-order valence-corrected chi connectivity index (χ4v) is 0.745. The van der Waals surface area contributed by atoms with Crippen molar-refractivity contribution >= 4 is 12.6 Å². The number of thiol groups is 1. The summed E-state index contributed by atoms with van der Waals surface area (Å²) < 4.78 is 0. The van der Waals surface area contributed by atoms with Crippen LogP contribution in [0.2, 0.25) is 0 Å². The smallest absolute Gasteiger partial charge is 0.179 e. The maximum atomic E-state index is 6.33. The summed E-state index contributed by atoms with van der Waals surface area (Å²) in [6, 6.07) is 0. The van der Waals surface area contributed by atoms with Gasteiger partial charge in [-0.2, -0.15) is 12.6 Å². The number of nitrogens with zero attached hydrogens (tertiary/aromatic N) is 2. The van der Waals surface area contributed by atoms with E-state index in [0.717, 1.165) is 25.0 Å². The first-order chi connectivity index (χ1) is 4.41. The molecular weight excluding hydrogens is 134 g/mol. The molecule has 0 unspecified atom stereocenters. The van der Waals surface area contributed by atoms with Crippen LogP contribution < -0.4 is 4.91 Å². The molecule has 0 spiro atoms. The molecule has 0 radical (unpaired) electrons. The monoisotopic (exact) mass is 146 g/mol. The summed E-state index contributed by atoms with van der Waals surface area (Å²) >= 11 is 4.05. The molecule has 0 aromatic rings. The van der Waals surface area contributed by atoms with Crippen LogP contribution in [-0.2, 0) is 0 Å². The Hall–Kier alpha value is -0.340. The Bertz CT molecular complexity index is 98.4. The molecule has 0 aromatic heterocycles. The molecule has 3 nitrogen and oxygen atoms in total. The lowest BCUT2D eigenvalue weighted by atomic mass is 10.2. The highest BCUT2D eigenvalue weighted by atomic mass is 32.1. The third-order valence-electron chi connectivity index (χ3n) is 0.987. The average Bonchev–Trinajstić information content (AvgIpc) is 1.89. The molecule has 0 fully saturated rings. The van der Waals surface area contributed by atoms with Crippen LogP contribution in [0.4, 0.5) is 0 Å². The molecule has 0 bridgehead atoms. The van der Waals surface area contributed by atoms with Gasteiger partial charge >= 0.3 is 0 Å². The first-order valence-electron chi connectivity index (χ1n) is 3.06. The van der Waals surface area contributed by atoms with Crippen LogP contribution in [-0.4, -0.2) is 12.3 Å². The number of unbranched alkanes of at least 4 members (excludes halogenated alkanes) is 2. The lowest BCUT2D eigenvalue weighted by Crippen LogP contribution is -1.82. The minimum atomic E-state index is 0.692. The van der Waals surface area contributed by atoms with Crippen LogP contribution in [0.5, 0.6) is 0 Å². The molecule has 0 aromatic carbocycles. The highest BCUT2D eigenvalue weighted by Crippen LogP contribution is 1.95. The fraction of sp³-hybridized carbons (Fsp3) is 1.00. The van der Waals surface area contributed by atoms with Crippen molar-refractivity contribution in [3.8, 4) is 0 Å². The van der Waals surface area contributed by atoms with E-state index < -0.39 is 0 Å². The Labute approximate surface area is 60.5 Å². The van der Waals surface area contributed by atoms with Crippen LogP contribution in [0, 0.1) is 5.53 Å². The summed E-state index contributed by atoms with van der Waals surface area (Å²) in [5.74, 6) is 0.942. The van der Waals surface area contributed by atoms with Gasteiger partial charge in [0.25, 0.3) is 0 Å². The zero-order chi connectivity index (χ0) is 6.95. The van der Waals surface area contributed by atoms with Gasteiger partial charge < -0.3 is 0 Å². The quantitative estimate of drug-likeness (QED) is 0.256. The lowest BCUT2D eigenvalue weighted by molar-refractivity contribution is 0.703. The standard InChI is InChI=1S/C5H11N3S/c6-8-7-4-2-1-3-5-9/h6H,1-5H2/p+1. The highest BCUT2D eigenvalue weighted by Gasteiger charge is 1.87. The van der Waals surface area contributed by atoms with Gasteiger partial charge in [-0.15, -0.1) is 0 Å². The van der Waals surface area contributed by atoms with E-state index in [4.69, 9.17) is 5.53 Å². The van der Waals surface area contributed by atoms with E-state index in [0.29, 0.717) is 6.54 Å². The van der Waals surface area contributed by atoms with E-state index in [1.165, 1.54) is 0 Å². The molecule has 1 N–H and O–H groups in total. The van der Waals surface area contributed by atoms with Gasteiger partial charge in [-0.3, -0.25) is 0 Å². The zero-order valence-corrected chi connectivity index (χ0v) is 6.27. The van der Waals surface area contributed by atoms with E-state index in [9.17, 15) is 0 Å². The predicted octanol–water partition coefficient (Wildman–Crippen LogP) is 1.64. The topological polar surface area (TPSA) is 50.3 Å². The molecule has 0 rings (SSSR count). The molecule has 0 saturated carbocycles. The zero-order valence-electron chi connectivity index (χ0n) is 5.38. The van der Waals surface area contributed by atoms with Gasteiger partial charge in [0.2, 0.25) is 4.91 Å². The van der Waals surface area contributed by atoms with Gasteiger partial charge in [-0.25, -0.2) is 0 Å². The van der Waals surface area contributed by atoms with Crippen molar-refractivity contribution in [3.05, 3.63) is 0 Å². The fourth-order valence-electron chi connectivity index (χ4n) is 0.521. The Balaban J connectivity index is 2.82. The summed E-state index contributed by atoms with van der Waals surface area (Å²) in [7, 11) is 0. The minimum absolute atomic E-state index is 0.692. The second kappa shape index (κ2) is 7.66. The molecular formula is C5H12N3S+. The largest absolute Gasteiger partial charge is 0.214 e. The second-order valence-corrected chi connectivity index (χ2v) is 2.20. The van der Waals surface area contributed by atoms with E-state index in [1.54, 1.807) is 0 Å². The SMILES string of the molecule is N=[N+]=NCCCCCS. The van der Waals surface area contributed by atoms with Gasteiger partial charge in [0.1, 0.15) is 17.2 Å². The van der Waals surface area contributed by atoms with Crippen LogP contribution in [0.3, 0.4) is 0 Å². The van der Waals surface area contributed by atoms with Gasteiger partial charge in [0.05, 0.1) is 0 Å². The third-order valence-corrected chi connectivity index (χ3v) is 1.30. The summed E-state index contributed by atoms with van der Waals surface area (Å²) in [5.41, 5.74) is 6.33. The summed E-state index contributed by atoms with van der Waals surface area (Å²) in [6.07, 6.45) is 3.31. The molecule has 4 heteroatoms. The molecule has 52 valence electrons. The van der Waals surface area contributed by atoms with Crippen molar-refractivity contribution in [2.45, 2.75) is 19.3 Å². The van der Waals surface area contributed by atoms with E-state index >= 15 is 0 Å². The Kier molecular flexibility index (Phi) is 7.37. The van der Waals surface area contributed by atoms with Gasteiger partial charge in [0.15, 0.2) is 0 Å². The lowest BCUT2D eigenvalue weighted by Gasteiger charge is -1.88. The molecule has 9 heavy (non-hydrogen) atoms. The molecule has 0 heterocycles. The molecule has 0 aliphatic heterocycles. The third kappa shape index (κ3) is 7.66. The predicted molar refractivity (Wildman–Crippen MR) is 39.9 cm³/mol. The van der Waals surface area contributed by atoms with Crippen molar-refractivity contribution in [2.75, 3.05) is 12.3 Å². The van der Waals surface area contributed by atoms with E-state index in [1.807, 2.05) is 0 Å². The van der Waals surface area contributed by atoms with Crippen molar-refractivity contribution in [3.63, 3.8) is 0 Å². The van der Waals surface area contributed by atoms with Crippen LogP contribution >= 0.6 is 12.6 Å². The normalized spacial score (nSPS) is 8.56. The van der Waals surface area contributed by atoms with Crippen molar-refractivity contribution in [1.82, 2.24) is 4.91 Å². The van der Waals surface area contributed by atoms with Crippen LogP contribution in [0.1, 0.15) is 19.3 Å². The number of nitrogens with one attached hydrogen (secondary N) is 1. The Morgan fingerprint density at radius 1 is 1.33 bits per heavy atom. The maximum absolute atomic E-state index is 6.33. The van der Waals surface area contributed by atoms with Crippen molar-refractivity contribution in [1.29, 1.82) is 5.53 Å². The Morgan fingerprint density at radius 2 is 2.11 bits per heavy atom. The summed E-state index contributed by atoms with van der Waals surface area (Å²) in [4.78, 5) is 2.89. The van der Waals surface area contributed by atoms with Crippen LogP contribution in [0.15, 0.2) is 5.11 Å². The molecule has 0 aliphatic carbocycles. The van der Waals surface area contributed by atoms with Crippen molar-refractivity contribution < 1.29 is 0 Å². The molecule has 0 aliphatic rings. The summed E-state index contributed by atoms with van der Waals surface area (Å²) in [6.45, 7) is 0.692. The highest BCUT2D eigenvalue weighted by molar-refractivity contribution is 7.80. The average molecular weight is 146 g/mol. The number of hydrogen-bond donors (Lipinski definition) is 2. The maximum Gasteiger partial charge on any atom is 0.214 e. The number of rotatable bonds is 5. The van der Waals surface area contributed by atoms with Gasteiger partial charge in [-0.05, 0) is 18.6 Å². The van der Waals surface area contributed by atoms with E-state index in [-0.39, 0.29) is 0 Å². The first kappa shape index (κ1) is 8.66. The molecule has 0 saturated heterocycles. The van der Waals surface area contributed by atoms with Crippen molar-refractivity contribution in [2.24, 2.45) is 5.11 Å². The number of hydrogen-bond acceptors (Lipinski definition) is 3. The van der Waals surface area contributed by atoms with Gasteiger partial charge in [0, 0.05) is 0 Å². The van der Waals surface area contributed by atoms with Crippen LogP contribution in [0.25, 0.3) is 0 Å². The first-order valence-corrected chi connectivity index (χ1v) is 3.69. The van der Waals surface area contributed by atoms with E-state index in [2.05, 4.69) is 22.7 Å². The molecule has 0 amide bonds. The Morgan fingerprint density at radius 3 is 2.67 bits per heavy atom. The van der Waals surface area contributed by atoms with Gasteiger partial charge in [-0.1, -0.05) is 6.42 Å². The second-order valence-electron chi connectivity index (χ2n) is 1.75. The summed E-state index contributed by atoms with van der Waals surface area (Å²) in [5, 5.41) is 3.51. The minimum Gasteiger partial charge on any atom is -0.179 e. The molecule has 0 atom stereocenters.